The van der Waals surface area contributed by atoms with Gasteiger partial charge in [-0.25, -0.2) is 0 Å². The van der Waals surface area contributed by atoms with E-state index in [-0.39, 0.29) is 12.0 Å². The summed E-state index contributed by atoms with van der Waals surface area (Å²) in [4.78, 5) is 11.0. The monoisotopic (exact) mass is 308 g/mol. The molecule has 0 aliphatic carbocycles. The Bertz CT molecular complexity index is 743. The van der Waals surface area contributed by atoms with E-state index in [2.05, 4.69) is 17.2 Å². The zero-order chi connectivity index (χ0) is 15.6. The van der Waals surface area contributed by atoms with E-state index in [9.17, 15) is 0 Å². The van der Waals surface area contributed by atoms with E-state index in [1.54, 1.807) is 0 Å². The lowest BCUT2D eigenvalue weighted by Crippen LogP contribution is -2.35. The van der Waals surface area contributed by atoms with E-state index in [0.29, 0.717) is 5.90 Å². The largest absolute Gasteiger partial charge is 0.429 e. The van der Waals surface area contributed by atoms with Gasteiger partial charge in [-0.05, 0) is 22.9 Å². The SMILES string of the molecule is C[C@@H]1C(c2ccccc2)=NO[C@@H]1[C@@H]1ON=C(c2ccccc2)O1. The highest BCUT2D eigenvalue weighted by molar-refractivity contribution is 6.03. The molecule has 116 valence electrons. The van der Waals surface area contributed by atoms with Gasteiger partial charge in [0.15, 0.2) is 0 Å². The van der Waals surface area contributed by atoms with Crippen LogP contribution in [0.25, 0.3) is 0 Å². The van der Waals surface area contributed by atoms with Crippen LogP contribution < -0.4 is 0 Å². The number of benzene rings is 2. The van der Waals surface area contributed by atoms with Gasteiger partial charge in [-0.3, -0.25) is 0 Å². The van der Waals surface area contributed by atoms with Gasteiger partial charge in [-0.1, -0.05) is 60.6 Å². The predicted molar refractivity (Wildman–Crippen MR) is 86.0 cm³/mol. The van der Waals surface area contributed by atoms with Crippen molar-refractivity contribution in [3.8, 4) is 0 Å². The number of ether oxygens (including phenoxy) is 1. The van der Waals surface area contributed by atoms with Crippen molar-refractivity contribution in [3.05, 3.63) is 71.8 Å². The summed E-state index contributed by atoms with van der Waals surface area (Å²) in [5, 5.41) is 8.24. The fourth-order valence-corrected chi connectivity index (χ4v) is 2.74. The number of hydrogen-bond donors (Lipinski definition) is 0. The molecule has 0 amide bonds. The van der Waals surface area contributed by atoms with Crippen molar-refractivity contribution < 1.29 is 14.4 Å². The minimum absolute atomic E-state index is 0.0488. The van der Waals surface area contributed by atoms with Crippen LogP contribution in [0.5, 0.6) is 0 Å². The number of oxime groups is 2. The Hall–Kier alpha value is -2.82. The van der Waals surface area contributed by atoms with Gasteiger partial charge >= 0.3 is 6.29 Å². The van der Waals surface area contributed by atoms with Crippen molar-refractivity contribution in [1.82, 2.24) is 0 Å². The van der Waals surface area contributed by atoms with Crippen LogP contribution in [0.2, 0.25) is 0 Å². The fraction of sp³-hybridized carbons (Fsp3) is 0.222. The van der Waals surface area contributed by atoms with Gasteiger partial charge in [0.1, 0.15) is 0 Å². The minimum Gasteiger partial charge on any atom is -0.429 e. The van der Waals surface area contributed by atoms with Crippen LogP contribution in [0, 0.1) is 5.92 Å². The molecular weight excluding hydrogens is 292 g/mol. The first-order valence-electron chi connectivity index (χ1n) is 7.58. The van der Waals surface area contributed by atoms with Crippen molar-refractivity contribution in [1.29, 1.82) is 0 Å². The maximum absolute atomic E-state index is 5.82. The predicted octanol–water partition coefficient (Wildman–Crippen LogP) is 3.16. The van der Waals surface area contributed by atoms with Gasteiger partial charge in [0.2, 0.25) is 6.10 Å². The van der Waals surface area contributed by atoms with Crippen LogP contribution in [0.3, 0.4) is 0 Å². The lowest BCUT2D eigenvalue weighted by atomic mass is 9.94. The molecule has 2 aromatic rings. The first-order valence-corrected chi connectivity index (χ1v) is 7.58. The van der Waals surface area contributed by atoms with E-state index >= 15 is 0 Å². The summed E-state index contributed by atoms with van der Waals surface area (Å²) in [6.45, 7) is 2.05. The molecule has 0 aromatic heterocycles. The van der Waals surface area contributed by atoms with Crippen LogP contribution in [0.1, 0.15) is 18.1 Å². The zero-order valence-electron chi connectivity index (χ0n) is 12.6. The molecule has 4 rings (SSSR count). The average molecular weight is 308 g/mol. The van der Waals surface area contributed by atoms with E-state index in [1.807, 2.05) is 60.7 Å². The molecule has 5 nitrogen and oxygen atoms in total. The molecule has 0 saturated heterocycles. The van der Waals surface area contributed by atoms with E-state index in [0.717, 1.165) is 16.8 Å². The normalized spacial score (nSPS) is 25.9. The smallest absolute Gasteiger partial charge is 0.307 e. The molecule has 23 heavy (non-hydrogen) atoms. The molecule has 3 atom stereocenters. The van der Waals surface area contributed by atoms with E-state index in [4.69, 9.17) is 14.4 Å². The molecular formula is C18H16N2O3. The highest BCUT2D eigenvalue weighted by atomic mass is 16.8. The molecule has 2 aliphatic heterocycles. The van der Waals surface area contributed by atoms with Crippen LogP contribution in [0.4, 0.5) is 0 Å². The van der Waals surface area contributed by atoms with Gasteiger partial charge in [0.05, 0.1) is 5.71 Å². The van der Waals surface area contributed by atoms with Crippen molar-refractivity contribution in [2.24, 2.45) is 16.2 Å². The Morgan fingerprint density at radius 1 is 0.783 bits per heavy atom. The molecule has 0 spiro atoms. The Morgan fingerprint density at radius 2 is 1.43 bits per heavy atom. The van der Waals surface area contributed by atoms with E-state index < -0.39 is 6.29 Å². The third-order valence-corrected chi connectivity index (χ3v) is 4.02. The lowest BCUT2D eigenvalue weighted by Gasteiger charge is -2.18. The molecule has 0 fully saturated rings. The lowest BCUT2D eigenvalue weighted by molar-refractivity contribution is -0.145. The molecule has 2 aliphatic rings. The number of hydrogen-bond acceptors (Lipinski definition) is 5. The summed E-state index contributed by atoms with van der Waals surface area (Å²) in [5.74, 6) is 0.521. The Kier molecular flexibility index (Phi) is 3.46. The van der Waals surface area contributed by atoms with Gasteiger partial charge in [-0.15, -0.1) is 0 Å². The number of rotatable bonds is 3. The standard InChI is InChI=1S/C18H16N2O3/c1-12-15(13-8-4-2-5-9-13)19-22-16(12)18-21-17(20-23-18)14-10-6-3-7-11-14/h2-12,16,18H,1H3/t12-,16+,18+/m1/s1. The van der Waals surface area contributed by atoms with Gasteiger partial charge in [-0.2, -0.15) is 0 Å². The maximum atomic E-state index is 5.82. The summed E-state index contributed by atoms with van der Waals surface area (Å²) >= 11 is 0. The van der Waals surface area contributed by atoms with Crippen LogP contribution in [0.15, 0.2) is 71.0 Å². The summed E-state index contributed by atoms with van der Waals surface area (Å²) in [6, 6.07) is 19.6. The third kappa shape index (κ3) is 2.54. The summed E-state index contributed by atoms with van der Waals surface area (Å²) in [7, 11) is 0. The molecule has 2 heterocycles. The van der Waals surface area contributed by atoms with Gasteiger partial charge in [0.25, 0.3) is 5.90 Å². The van der Waals surface area contributed by atoms with Crippen LogP contribution in [-0.4, -0.2) is 24.0 Å². The van der Waals surface area contributed by atoms with E-state index in [1.165, 1.54) is 0 Å². The Morgan fingerprint density at radius 3 is 2.13 bits per heavy atom. The highest BCUT2D eigenvalue weighted by Gasteiger charge is 2.43. The second-order valence-electron chi connectivity index (χ2n) is 5.56. The molecule has 0 bridgehead atoms. The second kappa shape index (κ2) is 5.76. The summed E-state index contributed by atoms with van der Waals surface area (Å²) in [5.41, 5.74) is 2.82. The van der Waals surface area contributed by atoms with Gasteiger partial charge < -0.3 is 14.4 Å². The van der Waals surface area contributed by atoms with Crippen molar-refractivity contribution in [2.75, 3.05) is 0 Å². The zero-order valence-corrected chi connectivity index (χ0v) is 12.6. The maximum Gasteiger partial charge on any atom is 0.307 e. The van der Waals surface area contributed by atoms with Crippen molar-refractivity contribution in [2.45, 2.75) is 19.3 Å². The topological polar surface area (TPSA) is 52.4 Å². The molecule has 5 heteroatoms. The summed E-state index contributed by atoms with van der Waals surface area (Å²) < 4.78 is 5.82. The first-order chi connectivity index (χ1) is 11.3. The molecule has 0 saturated carbocycles. The molecule has 0 radical (unpaired) electrons. The van der Waals surface area contributed by atoms with Gasteiger partial charge in [0, 0.05) is 11.5 Å². The molecule has 2 aromatic carbocycles. The van der Waals surface area contributed by atoms with Crippen LogP contribution in [-0.2, 0) is 14.4 Å². The first kappa shape index (κ1) is 13.8. The fourth-order valence-electron chi connectivity index (χ4n) is 2.74. The van der Waals surface area contributed by atoms with Crippen molar-refractivity contribution in [3.63, 3.8) is 0 Å². The van der Waals surface area contributed by atoms with Crippen LogP contribution >= 0.6 is 0 Å². The third-order valence-electron chi connectivity index (χ3n) is 4.02. The van der Waals surface area contributed by atoms with Crippen molar-refractivity contribution >= 4 is 11.6 Å². The highest BCUT2D eigenvalue weighted by Crippen LogP contribution is 2.29. The quantitative estimate of drug-likeness (QED) is 0.875. The Balaban J connectivity index is 1.46. The molecule has 0 N–H and O–H groups in total. The average Bonchev–Trinajstić information content (AvgIpc) is 3.23. The number of nitrogens with zero attached hydrogens (tertiary/aromatic N) is 2. The Labute approximate surface area is 134 Å². The minimum atomic E-state index is -0.592. The second-order valence-corrected chi connectivity index (χ2v) is 5.56. The summed E-state index contributed by atoms with van der Waals surface area (Å²) in [6.07, 6.45) is -0.916. The molecule has 0 unspecified atom stereocenters.